The second-order valence-corrected chi connectivity index (χ2v) is 33.3. The van der Waals surface area contributed by atoms with Gasteiger partial charge in [0.25, 0.3) is 31.9 Å². The smallest absolute Gasteiger partial charge is 0.316 e. The number of benzene rings is 4. The Bertz CT molecular complexity index is 3970. The van der Waals surface area contributed by atoms with Gasteiger partial charge in [-0.25, -0.2) is 10.9 Å². The Morgan fingerprint density at radius 3 is 1.34 bits per heavy atom. The Morgan fingerprint density at radius 1 is 0.556 bits per heavy atom. The maximum absolute atomic E-state index is 14.8. The highest BCUT2D eigenvalue weighted by Crippen LogP contribution is 2.37. The summed E-state index contributed by atoms with van der Waals surface area (Å²) in [5, 5.41) is 27.7. The molecule has 6 aromatic rings. The lowest BCUT2D eigenvalue weighted by Gasteiger charge is -2.44. The zero-order chi connectivity index (χ0) is 71.7. The van der Waals surface area contributed by atoms with Crippen LogP contribution in [0.4, 0.5) is 0 Å². The summed E-state index contributed by atoms with van der Waals surface area (Å²) in [5.41, 5.74) is 8.40. The number of ether oxygens (including phenoxy) is 2. The van der Waals surface area contributed by atoms with Gasteiger partial charge in [0.1, 0.15) is 24.2 Å². The van der Waals surface area contributed by atoms with Gasteiger partial charge >= 0.3 is 11.9 Å². The highest BCUT2D eigenvalue weighted by molar-refractivity contribution is 6.99. The van der Waals surface area contributed by atoms with Crippen LogP contribution in [0.15, 0.2) is 133 Å². The number of nitrogens with one attached hydrogen (secondary N) is 6. The first kappa shape index (κ1) is 74.2. The fourth-order valence-corrected chi connectivity index (χ4v) is 17.1. The lowest BCUT2D eigenvalue weighted by Crippen LogP contribution is -2.68. The number of aromatic nitrogens is 2. The van der Waals surface area contributed by atoms with E-state index in [0.29, 0.717) is 50.2 Å². The molecule has 2 aromatic heterocycles. The first-order valence-electron chi connectivity index (χ1n) is 34.2. The molecule has 526 valence electrons. The summed E-state index contributed by atoms with van der Waals surface area (Å²) in [5.74, 6) is -4.97. The van der Waals surface area contributed by atoms with Crippen LogP contribution in [0.25, 0.3) is 34.0 Å². The zero-order valence-corrected chi connectivity index (χ0v) is 60.0. The third-order valence-corrected chi connectivity index (χ3v) is 23.6. The van der Waals surface area contributed by atoms with Gasteiger partial charge in [-0.3, -0.25) is 58.3 Å². The lowest BCUT2D eigenvalue weighted by atomic mass is 9.92. The van der Waals surface area contributed by atoms with Crippen LogP contribution in [-0.4, -0.2) is 143 Å². The summed E-state index contributed by atoms with van der Waals surface area (Å²) >= 11 is 0. The summed E-state index contributed by atoms with van der Waals surface area (Å²) in [6, 6.07) is 34.6. The molecule has 4 aromatic carbocycles. The van der Waals surface area contributed by atoms with Crippen LogP contribution in [0.5, 0.6) is 0 Å². The van der Waals surface area contributed by atoms with E-state index in [0.717, 1.165) is 43.3 Å². The molecule has 23 heteroatoms. The molecule has 2 fully saturated rings. The van der Waals surface area contributed by atoms with Crippen LogP contribution in [0.3, 0.4) is 0 Å². The molecule has 8 atom stereocenters. The maximum Gasteiger partial charge on any atom is 0.316 e. The molecule has 0 spiro atoms. The van der Waals surface area contributed by atoms with Crippen molar-refractivity contribution in [3.8, 4) is 0 Å². The molecular weight excluding hydrogens is 1270 g/mol. The van der Waals surface area contributed by atoms with Gasteiger partial charge < -0.3 is 40.3 Å². The number of hydrazine groups is 2. The number of aliphatic hydroxyl groups excluding tert-OH is 1. The largest absolute Gasteiger partial charge is 0.451 e. The minimum atomic E-state index is -3.17. The van der Waals surface area contributed by atoms with Crippen molar-refractivity contribution >= 4 is 100 Å². The Hall–Kier alpha value is -9.00. The van der Waals surface area contributed by atoms with E-state index in [2.05, 4.69) is 77.2 Å². The monoisotopic (exact) mass is 1370 g/mol. The van der Waals surface area contributed by atoms with E-state index in [-0.39, 0.29) is 18.4 Å². The van der Waals surface area contributed by atoms with Gasteiger partial charge in [-0.2, -0.15) is 0 Å². The predicted molar refractivity (Wildman–Crippen MR) is 382 cm³/mol. The second-order valence-electron chi connectivity index (χ2n) is 29.0. The summed E-state index contributed by atoms with van der Waals surface area (Å²) in [4.78, 5) is 119. The SMILES string of the molecule is CC(C)[C@@H]1OC(=O)C(C)(C)/C=C/c2ccc3ccc(nc3c2)[C@@H](C)NC(=O)[C@@H]2CCCN(N2)C(=O)[C@H](CO)NC1=O.CC(C)[C@@H]1OC(=O)C(C)(C)/C=C/c2ccc3ccc(nc3c2)[C@@H](C)NC(=O)[C@@H]2CCCN(N2)C(=O)[C@H](CO[Si](c2ccccc2)(c2ccccc2)C(C)(C)C)NC1=O. The van der Waals surface area contributed by atoms with Crippen LogP contribution in [0.2, 0.25) is 5.04 Å². The minimum absolute atomic E-state index is 0.177. The number of hydrogen-bond donors (Lipinski definition) is 7. The van der Waals surface area contributed by atoms with Crippen molar-refractivity contribution < 1.29 is 57.4 Å². The standard InChI is InChI=1S/C46H57N5O6Si.C30H39N5O6/c1-30(2)40-42(53)49-39(29-56-58(45(4,5)6,34-16-11-9-12-17-34)35-18-13-10-14-19-35)43(54)51-27-15-20-37(50-51)41(52)47-31(3)36-24-23-33-22-21-32(28-38(33)48-36)25-26-46(7,8)44(55)57-40;1-17(2)25-27(38)33-24(16-36)28(39)35-14-6-7-22(34-35)26(37)31-18(3)21-11-10-20-9-8-19(15-23(20)32-21)12-13-30(4,5)29(40)41-25/h9-14,16-19,21-26,28,30-31,37,39-40,50H,15,20,27,29H2,1-8H3,(H,47,52)(H,49,53);8-13,15,17-18,22,24-25,34,36H,6-7,14,16H2,1-5H3,(H,31,37)(H,33,38)/b26-25+;13-12+/t31-,37+,39+,40+;18-,22+,24+,25+/m11/s1. The highest BCUT2D eigenvalue weighted by Gasteiger charge is 2.51. The number of fused-ring (bicyclic) bond motifs is 8. The van der Waals surface area contributed by atoms with Gasteiger partial charge in [-0.05, 0) is 130 Å². The van der Waals surface area contributed by atoms with E-state index < -0.39 is 127 Å². The molecule has 22 nitrogen and oxygen atoms in total. The van der Waals surface area contributed by atoms with E-state index in [9.17, 15) is 43.5 Å². The number of nitrogens with zero attached hydrogens (tertiary/aromatic N) is 4. The van der Waals surface area contributed by atoms with Crippen molar-refractivity contribution in [3.63, 3.8) is 0 Å². The number of rotatable bonds is 8. The summed E-state index contributed by atoms with van der Waals surface area (Å²) in [6.45, 7) is 23.8. The van der Waals surface area contributed by atoms with Gasteiger partial charge in [-0.1, -0.05) is 170 Å². The average molecular weight is 1370 g/mol. The van der Waals surface area contributed by atoms with E-state index in [1.807, 2.05) is 117 Å². The van der Waals surface area contributed by atoms with E-state index >= 15 is 0 Å². The number of hydrogen-bond acceptors (Lipinski definition) is 16. The normalized spacial score (nSPS) is 24.6. The molecule has 4 aliphatic rings. The number of esters is 2. The first-order valence-corrected chi connectivity index (χ1v) is 36.1. The molecule has 6 amide bonds. The number of pyridine rings is 2. The van der Waals surface area contributed by atoms with Crippen LogP contribution in [0, 0.1) is 22.7 Å². The Morgan fingerprint density at radius 2 is 0.949 bits per heavy atom. The topological polar surface area (TPSA) is 289 Å². The molecule has 0 saturated carbocycles. The third kappa shape index (κ3) is 17.5. The van der Waals surface area contributed by atoms with E-state index in [1.54, 1.807) is 73.6 Å². The number of amides is 6. The summed E-state index contributed by atoms with van der Waals surface area (Å²) in [7, 11) is -3.17. The van der Waals surface area contributed by atoms with Crippen molar-refractivity contribution in [2.24, 2.45) is 22.7 Å². The van der Waals surface area contributed by atoms with Crippen LogP contribution in [-0.2, 0) is 52.3 Å². The van der Waals surface area contributed by atoms with E-state index in [4.69, 9.17) is 23.9 Å². The molecule has 0 unspecified atom stereocenters. The second kappa shape index (κ2) is 31.5. The van der Waals surface area contributed by atoms with Crippen molar-refractivity contribution in [1.29, 1.82) is 0 Å². The molecule has 0 radical (unpaired) electrons. The number of cyclic esters (lactones) is 2. The summed E-state index contributed by atoms with van der Waals surface area (Å²) < 4.78 is 18.9. The average Bonchev–Trinajstić information content (AvgIpc) is 0.772. The molecule has 0 aliphatic carbocycles. The van der Waals surface area contributed by atoms with Crippen LogP contribution < -0.4 is 42.5 Å². The van der Waals surface area contributed by atoms with Crippen molar-refractivity contribution in [3.05, 3.63) is 156 Å². The molecule has 10 bridgehead atoms. The number of carbonyl (C=O) groups excluding carboxylic acids is 8. The Kier molecular flexibility index (Phi) is 23.6. The Balaban J connectivity index is 0.000000246. The van der Waals surface area contributed by atoms with Gasteiger partial charge in [0.15, 0.2) is 12.2 Å². The molecular formula is C76H96N10O12Si. The first-order chi connectivity index (χ1) is 46.9. The van der Waals surface area contributed by atoms with Gasteiger partial charge in [0.2, 0.25) is 11.8 Å². The fraction of sp³-hybridized carbons (Fsp3) is 0.447. The van der Waals surface area contributed by atoms with Gasteiger partial charge in [-0.15, -0.1) is 0 Å². The molecule has 2 saturated heterocycles. The number of aliphatic hydroxyl groups is 1. The minimum Gasteiger partial charge on any atom is -0.451 e. The van der Waals surface area contributed by atoms with Gasteiger partial charge in [0.05, 0.1) is 58.5 Å². The molecule has 4 aliphatic heterocycles. The maximum atomic E-state index is 14.8. The molecule has 99 heavy (non-hydrogen) atoms. The van der Waals surface area contributed by atoms with E-state index in [1.165, 1.54) is 10.0 Å². The lowest BCUT2D eigenvalue weighted by molar-refractivity contribution is -0.165. The number of carbonyl (C=O) groups is 8. The predicted octanol–water partition coefficient (Wildman–Crippen LogP) is 7.60. The van der Waals surface area contributed by atoms with Crippen LogP contribution >= 0.6 is 0 Å². The fourth-order valence-electron chi connectivity index (χ4n) is 12.5. The Labute approximate surface area is 580 Å². The third-order valence-electron chi connectivity index (χ3n) is 18.5. The quantitative estimate of drug-likeness (QED) is 0.0570. The van der Waals surface area contributed by atoms with Crippen molar-refractivity contribution in [2.75, 3.05) is 26.3 Å². The highest BCUT2D eigenvalue weighted by atomic mass is 28.4. The molecule has 10 rings (SSSR count). The van der Waals surface area contributed by atoms with Gasteiger partial charge in [0, 0.05) is 23.9 Å². The molecule has 7 N–H and O–H groups in total. The zero-order valence-electron chi connectivity index (χ0n) is 59.0. The summed E-state index contributed by atoms with van der Waals surface area (Å²) in [6.07, 6.45) is 6.79. The van der Waals surface area contributed by atoms with Crippen molar-refractivity contribution in [1.82, 2.24) is 52.1 Å². The van der Waals surface area contributed by atoms with Crippen LogP contribution in [0.1, 0.15) is 150 Å². The molecule has 6 heterocycles. The van der Waals surface area contributed by atoms with Crippen molar-refractivity contribution in [2.45, 2.75) is 169 Å².